The number of ether oxygens (including phenoxy) is 1. The molecule has 2 rings (SSSR count). The van der Waals surface area contributed by atoms with Crippen LogP contribution in [0.4, 0.5) is 4.39 Å². The van der Waals surface area contributed by atoms with Crippen molar-refractivity contribution in [2.24, 2.45) is 5.73 Å². The second-order valence-corrected chi connectivity index (χ2v) is 6.01. The van der Waals surface area contributed by atoms with Crippen molar-refractivity contribution in [1.29, 1.82) is 0 Å². The summed E-state index contributed by atoms with van der Waals surface area (Å²) in [6.07, 6.45) is 0.484. The van der Waals surface area contributed by atoms with Crippen molar-refractivity contribution in [1.82, 2.24) is 4.90 Å². The third-order valence-electron chi connectivity index (χ3n) is 3.80. The lowest BCUT2D eigenvalue weighted by Crippen LogP contribution is -2.53. The highest BCUT2D eigenvalue weighted by molar-refractivity contribution is 6.31. The lowest BCUT2D eigenvalue weighted by Gasteiger charge is -2.38. The molecule has 1 heterocycles. The van der Waals surface area contributed by atoms with Crippen LogP contribution < -0.4 is 5.73 Å². The second kappa shape index (κ2) is 6.85. The number of morpholine rings is 1. The molecule has 1 aliphatic heterocycles. The molecule has 1 fully saturated rings. The summed E-state index contributed by atoms with van der Waals surface area (Å²) in [5.74, 6) is -0.287. The number of nitrogens with zero attached hydrogens (tertiary/aromatic N) is 1. The Morgan fingerprint density at radius 2 is 2.25 bits per heavy atom. The van der Waals surface area contributed by atoms with Gasteiger partial charge in [-0.15, -0.1) is 0 Å². The highest BCUT2D eigenvalue weighted by Crippen LogP contribution is 2.20. The van der Waals surface area contributed by atoms with Crippen molar-refractivity contribution in [3.05, 3.63) is 34.6 Å². The Hall–Kier alpha value is -0.680. The number of rotatable bonds is 4. The Balaban J connectivity index is 2.00. The van der Waals surface area contributed by atoms with E-state index in [2.05, 4.69) is 18.7 Å². The van der Waals surface area contributed by atoms with E-state index < -0.39 is 0 Å². The maximum atomic E-state index is 13.3. The minimum Gasteiger partial charge on any atom is -0.374 e. The van der Waals surface area contributed by atoms with E-state index in [0.717, 1.165) is 18.7 Å². The molecule has 20 heavy (non-hydrogen) atoms. The van der Waals surface area contributed by atoms with Crippen molar-refractivity contribution >= 4 is 11.6 Å². The third-order valence-corrected chi connectivity index (χ3v) is 4.16. The molecular formula is C15H22ClFN2O. The molecule has 1 aromatic rings. The molecule has 0 spiro atoms. The summed E-state index contributed by atoms with van der Waals surface area (Å²) < 4.78 is 19.0. The molecule has 2 atom stereocenters. The molecular weight excluding hydrogens is 279 g/mol. The standard InChI is InChI=1S/C15H22ClFN2O/c1-10(2)19-5-6-20-15(9-19)14(18)8-11-7-12(17)3-4-13(11)16/h3-4,7,10,14-15H,5-6,8-9,18H2,1-2H3. The molecule has 1 aromatic carbocycles. The van der Waals surface area contributed by atoms with E-state index in [1.807, 2.05) is 0 Å². The third kappa shape index (κ3) is 3.92. The van der Waals surface area contributed by atoms with Crippen LogP contribution in [0, 0.1) is 5.82 Å². The van der Waals surface area contributed by atoms with Gasteiger partial charge in [-0.05, 0) is 44.0 Å². The lowest BCUT2D eigenvalue weighted by atomic mass is 10.00. The predicted molar refractivity (Wildman–Crippen MR) is 79.5 cm³/mol. The summed E-state index contributed by atoms with van der Waals surface area (Å²) in [6.45, 7) is 6.76. The Morgan fingerprint density at radius 1 is 1.50 bits per heavy atom. The average Bonchev–Trinajstić information content (AvgIpc) is 2.43. The van der Waals surface area contributed by atoms with E-state index in [4.69, 9.17) is 22.1 Å². The Morgan fingerprint density at radius 3 is 2.95 bits per heavy atom. The molecule has 0 aromatic heterocycles. The van der Waals surface area contributed by atoms with Crippen molar-refractivity contribution < 1.29 is 9.13 Å². The molecule has 0 saturated carbocycles. The number of hydrogen-bond acceptors (Lipinski definition) is 3. The fourth-order valence-corrected chi connectivity index (χ4v) is 2.70. The van der Waals surface area contributed by atoms with Gasteiger partial charge in [-0.2, -0.15) is 0 Å². The smallest absolute Gasteiger partial charge is 0.123 e. The summed E-state index contributed by atoms with van der Waals surface area (Å²) in [6, 6.07) is 4.67. The van der Waals surface area contributed by atoms with Gasteiger partial charge in [-0.3, -0.25) is 4.90 Å². The highest BCUT2D eigenvalue weighted by Gasteiger charge is 2.27. The first kappa shape index (κ1) is 15.7. The number of hydrogen-bond donors (Lipinski definition) is 1. The Bertz CT molecular complexity index is 455. The van der Waals surface area contributed by atoms with Crippen LogP contribution >= 0.6 is 11.6 Å². The molecule has 0 amide bonds. The molecule has 3 nitrogen and oxygen atoms in total. The van der Waals surface area contributed by atoms with Crippen molar-refractivity contribution in [3.63, 3.8) is 0 Å². The van der Waals surface area contributed by atoms with Gasteiger partial charge in [0.25, 0.3) is 0 Å². The molecule has 112 valence electrons. The van der Waals surface area contributed by atoms with Crippen molar-refractivity contribution in [2.75, 3.05) is 19.7 Å². The number of nitrogens with two attached hydrogens (primary N) is 1. The maximum Gasteiger partial charge on any atom is 0.123 e. The van der Waals surface area contributed by atoms with Gasteiger partial charge in [0.2, 0.25) is 0 Å². The van der Waals surface area contributed by atoms with Gasteiger partial charge in [-0.25, -0.2) is 4.39 Å². The van der Waals surface area contributed by atoms with E-state index in [1.54, 1.807) is 6.07 Å². The minimum atomic E-state index is -0.287. The molecule has 1 saturated heterocycles. The van der Waals surface area contributed by atoms with Gasteiger partial charge in [0, 0.05) is 30.2 Å². The zero-order chi connectivity index (χ0) is 14.7. The van der Waals surface area contributed by atoms with E-state index in [0.29, 0.717) is 24.1 Å². The van der Waals surface area contributed by atoms with Gasteiger partial charge >= 0.3 is 0 Å². The Labute approximate surface area is 124 Å². The zero-order valence-corrected chi connectivity index (χ0v) is 12.7. The lowest BCUT2D eigenvalue weighted by molar-refractivity contribution is -0.0495. The fraction of sp³-hybridized carbons (Fsp3) is 0.600. The van der Waals surface area contributed by atoms with Gasteiger partial charge in [0.1, 0.15) is 5.82 Å². The predicted octanol–water partition coefficient (Wildman–Crippen LogP) is 2.46. The fourth-order valence-electron chi connectivity index (χ4n) is 2.51. The van der Waals surface area contributed by atoms with E-state index >= 15 is 0 Å². The summed E-state index contributed by atoms with van der Waals surface area (Å²) in [5, 5.41) is 0.554. The summed E-state index contributed by atoms with van der Waals surface area (Å²) >= 11 is 6.08. The molecule has 5 heteroatoms. The molecule has 2 unspecified atom stereocenters. The molecule has 0 radical (unpaired) electrons. The zero-order valence-electron chi connectivity index (χ0n) is 12.0. The van der Waals surface area contributed by atoms with Crippen LogP contribution in [0.15, 0.2) is 18.2 Å². The van der Waals surface area contributed by atoms with E-state index in [9.17, 15) is 4.39 Å². The largest absolute Gasteiger partial charge is 0.374 e. The summed E-state index contributed by atoms with van der Waals surface area (Å²) in [4.78, 5) is 2.35. The SMILES string of the molecule is CC(C)N1CCOC(C(N)Cc2cc(F)ccc2Cl)C1. The van der Waals surface area contributed by atoms with Crippen molar-refractivity contribution in [3.8, 4) is 0 Å². The van der Waals surface area contributed by atoms with Crippen LogP contribution in [0.25, 0.3) is 0 Å². The highest BCUT2D eigenvalue weighted by atomic mass is 35.5. The van der Waals surface area contributed by atoms with E-state index in [-0.39, 0.29) is 18.0 Å². The van der Waals surface area contributed by atoms with Crippen LogP contribution in [0.2, 0.25) is 5.02 Å². The molecule has 0 aliphatic carbocycles. The average molecular weight is 301 g/mol. The van der Waals surface area contributed by atoms with Crippen LogP contribution in [-0.2, 0) is 11.2 Å². The molecule has 2 N–H and O–H groups in total. The van der Waals surface area contributed by atoms with Crippen LogP contribution in [-0.4, -0.2) is 42.8 Å². The van der Waals surface area contributed by atoms with Crippen LogP contribution in [0.3, 0.4) is 0 Å². The van der Waals surface area contributed by atoms with Crippen molar-refractivity contribution in [2.45, 2.75) is 38.5 Å². The van der Waals surface area contributed by atoms with Gasteiger partial charge < -0.3 is 10.5 Å². The maximum absolute atomic E-state index is 13.3. The summed E-state index contributed by atoms with van der Waals surface area (Å²) in [5.41, 5.74) is 6.97. The van der Waals surface area contributed by atoms with Gasteiger partial charge in [0.05, 0.1) is 12.7 Å². The first-order chi connectivity index (χ1) is 9.47. The number of halogens is 2. The van der Waals surface area contributed by atoms with Gasteiger partial charge in [0.15, 0.2) is 0 Å². The minimum absolute atomic E-state index is 0.0366. The second-order valence-electron chi connectivity index (χ2n) is 5.60. The van der Waals surface area contributed by atoms with Crippen LogP contribution in [0.1, 0.15) is 19.4 Å². The monoisotopic (exact) mass is 300 g/mol. The normalized spacial score (nSPS) is 22.2. The molecule has 0 bridgehead atoms. The Kier molecular flexibility index (Phi) is 5.38. The summed E-state index contributed by atoms with van der Waals surface area (Å²) in [7, 11) is 0. The van der Waals surface area contributed by atoms with Gasteiger partial charge in [-0.1, -0.05) is 11.6 Å². The topological polar surface area (TPSA) is 38.5 Å². The quantitative estimate of drug-likeness (QED) is 0.928. The first-order valence-corrected chi connectivity index (χ1v) is 7.40. The molecule has 1 aliphatic rings. The number of benzene rings is 1. The first-order valence-electron chi connectivity index (χ1n) is 7.02. The van der Waals surface area contributed by atoms with E-state index in [1.165, 1.54) is 12.1 Å². The van der Waals surface area contributed by atoms with Crippen LogP contribution in [0.5, 0.6) is 0 Å².